The van der Waals surface area contributed by atoms with Crippen LogP contribution in [0.5, 0.6) is 0 Å². The fourth-order valence-electron chi connectivity index (χ4n) is 4.81. The number of hydrogen-bond acceptors (Lipinski definition) is 8. The molecule has 3 aromatic carbocycles. The first kappa shape index (κ1) is 28.8. The van der Waals surface area contributed by atoms with Crippen LogP contribution in [0.25, 0.3) is 22.9 Å². The Morgan fingerprint density at radius 3 is 2.55 bits per heavy atom. The number of benzene rings is 3. The van der Waals surface area contributed by atoms with Gasteiger partial charge in [-0.05, 0) is 76.9 Å². The number of amides is 2. The van der Waals surface area contributed by atoms with Crippen LogP contribution < -0.4 is 16.4 Å². The van der Waals surface area contributed by atoms with Crippen LogP contribution in [0.3, 0.4) is 0 Å². The Balaban J connectivity index is 1.22. The normalized spacial score (nSPS) is 16.4. The highest BCUT2D eigenvalue weighted by atomic mass is 35.5. The van der Waals surface area contributed by atoms with Crippen LogP contribution in [0.2, 0.25) is 5.02 Å². The van der Waals surface area contributed by atoms with E-state index in [0.717, 1.165) is 16.7 Å². The average molecular weight is 606 g/mol. The molecule has 11 nitrogen and oxygen atoms in total. The third-order valence-corrected chi connectivity index (χ3v) is 7.53. The van der Waals surface area contributed by atoms with E-state index >= 15 is 0 Å². The maximum atomic E-state index is 13.3. The van der Waals surface area contributed by atoms with E-state index < -0.39 is 6.04 Å². The molecule has 3 atom stereocenters. The lowest BCUT2D eigenvalue weighted by molar-refractivity contribution is -0.118. The monoisotopic (exact) mass is 605 g/mol. The number of nitrogens with zero attached hydrogens (tertiary/aromatic N) is 6. The topological polar surface area (TPSA) is 154 Å². The highest BCUT2D eigenvalue weighted by Crippen LogP contribution is 2.30. The van der Waals surface area contributed by atoms with Crippen LogP contribution >= 0.6 is 11.6 Å². The van der Waals surface area contributed by atoms with Gasteiger partial charge >= 0.3 is 0 Å². The zero-order valence-electron chi connectivity index (χ0n) is 23.4. The molecule has 1 saturated carbocycles. The van der Waals surface area contributed by atoms with E-state index in [1.54, 1.807) is 30.5 Å². The van der Waals surface area contributed by atoms with Gasteiger partial charge in [-0.3, -0.25) is 9.59 Å². The molecule has 1 fully saturated rings. The first-order valence-corrected chi connectivity index (χ1v) is 14.4. The Morgan fingerprint density at radius 2 is 1.82 bits per heavy atom. The number of carbonyl (C=O) groups is 2. The number of hydrogen-bond donors (Lipinski definition) is 3. The predicted molar refractivity (Wildman–Crippen MR) is 166 cm³/mol. The van der Waals surface area contributed by atoms with Crippen LogP contribution in [0.1, 0.15) is 29.3 Å². The molecule has 44 heavy (non-hydrogen) atoms. The van der Waals surface area contributed by atoms with E-state index in [2.05, 4.69) is 36.4 Å². The van der Waals surface area contributed by atoms with Crippen LogP contribution in [0.4, 0.5) is 5.69 Å². The highest BCUT2D eigenvalue weighted by molar-refractivity contribution is 6.30. The SMILES string of the molecule is NC1CC1C(=O)Nc1ccc(-c2cnnc(C(Cc3ccccc3)NC(=O)/C=C/c3cc(Cl)ccc3-n3cnnn3)c2)cc1. The summed E-state index contributed by atoms with van der Waals surface area (Å²) in [7, 11) is 0. The minimum atomic E-state index is -0.471. The van der Waals surface area contributed by atoms with Crippen molar-refractivity contribution in [3.8, 4) is 16.8 Å². The van der Waals surface area contributed by atoms with E-state index in [1.165, 1.54) is 17.1 Å². The van der Waals surface area contributed by atoms with Gasteiger partial charge < -0.3 is 16.4 Å². The lowest BCUT2D eigenvalue weighted by atomic mass is 10.00. The molecular formula is C32H28ClN9O2. The first-order chi connectivity index (χ1) is 21.4. The lowest BCUT2D eigenvalue weighted by Gasteiger charge is -2.18. The Bertz CT molecular complexity index is 1790. The third kappa shape index (κ3) is 7.02. The lowest BCUT2D eigenvalue weighted by Crippen LogP contribution is -2.29. The van der Waals surface area contributed by atoms with E-state index in [1.807, 2.05) is 60.7 Å². The molecular weight excluding hydrogens is 578 g/mol. The molecule has 0 spiro atoms. The minimum Gasteiger partial charge on any atom is -0.344 e. The molecule has 6 rings (SSSR count). The maximum Gasteiger partial charge on any atom is 0.244 e. The molecule has 220 valence electrons. The second-order valence-electron chi connectivity index (χ2n) is 10.5. The summed E-state index contributed by atoms with van der Waals surface area (Å²) in [4.78, 5) is 25.5. The standard InChI is InChI=1S/C32H28ClN9O2/c33-24-9-12-30(42-19-36-40-41-42)22(15-24)8-13-31(43)38-28(14-20-4-2-1-3-5-20)29-16-23(18-35-39-29)21-6-10-25(11-7-21)37-32(44)26-17-27(26)34/h1-13,15-16,18-19,26-28H,14,17,34H2,(H,37,44)(H,38,43)/b13-8+. The maximum absolute atomic E-state index is 13.3. The van der Waals surface area contributed by atoms with Crippen LogP contribution in [0.15, 0.2) is 97.5 Å². The van der Waals surface area contributed by atoms with Crippen LogP contribution in [-0.4, -0.2) is 48.3 Å². The molecule has 1 aliphatic rings. The zero-order chi connectivity index (χ0) is 30.5. The number of nitrogens with one attached hydrogen (secondary N) is 2. The number of rotatable bonds is 10. The molecule has 0 radical (unpaired) electrons. The van der Waals surface area contributed by atoms with Gasteiger partial charge in [-0.15, -0.1) is 5.10 Å². The molecule has 0 bridgehead atoms. The van der Waals surface area contributed by atoms with Gasteiger partial charge in [-0.1, -0.05) is 54.1 Å². The largest absolute Gasteiger partial charge is 0.344 e. The number of nitrogens with two attached hydrogens (primary N) is 1. The summed E-state index contributed by atoms with van der Waals surface area (Å²) in [5, 5.41) is 26.5. The van der Waals surface area contributed by atoms with Crippen molar-refractivity contribution in [2.24, 2.45) is 11.7 Å². The quantitative estimate of drug-likeness (QED) is 0.200. The number of carbonyl (C=O) groups excluding carboxylic acids is 2. The second kappa shape index (κ2) is 12.9. The summed E-state index contributed by atoms with van der Waals surface area (Å²) >= 11 is 6.23. The van der Waals surface area contributed by atoms with Crippen LogP contribution in [0, 0.1) is 5.92 Å². The van der Waals surface area contributed by atoms with Gasteiger partial charge in [-0.25, -0.2) is 0 Å². The van der Waals surface area contributed by atoms with Crippen molar-refractivity contribution in [2.45, 2.75) is 24.9 Å². The Hall–Kier alpha value is -5.26. The molecule has 0 aliphatic heterocycles. The van der Waals surface area contributed by atoms with Crippen molar-refractivity contribution in [2.75, 3.05) is 5.32 Å². The van der Waals surface area contributed by atoms with Crippen molar-refractivity contribution in [1.29, 1.82) is 0 Å². The molecule has 12 heteroatoms. The Kier molecular flexibility index (Phi) is 8.48. The molecule has 2 heterocycles. The molecule has 2 aromatic heterocycles. The minimum absolute atomic E-state index is 0.0538. The number of aromatic nitrogens is 6. The number of anilines is 1. The average Bonchev–Trinajstić information content (AvgIpc) is 3.53. The summed E-state index contributed by atoms with van der Waals surface area (Å²) in [6.07, 6.45) is 7.46. The zero-order valence-corrected chi connectivity index (χ0v) is 24.2. The summed E-state index contributed by atoms with van der Waals surface area (Å²) in [5.74, 6) is -0.503. The van der Waals surface area contributed by atoms with Gasteiger partial charge in [-0.2, -0.15) is 14.9 Å². The van der Waals surface area contributed by atoms with Crippen molar-refractivity contribution in [3.63, 3.8) is 0 Å². The van der Waals surface area contributed by atoms with Crippen LogP contribution in [-0.2, 0) is 16.0 Å². The first-order valence-electron chi connectivity index (χ1n) is 14.0. The van der Waals surface area contributed by atoms with Gasteiger partial charge in [0.15, 0.2) is 0 Å². The van der Waals surface area contributed by atoms with Crippen molar-refractivity contribution >= 4 is 35.2 Å². The number of halogens is 1. The molecule has 3 unspecified atom stereocenters. The second-order valence-corrected chi connectivity index (χ2v) is 10.9. The van der Waals surface area contributed by atoms with Gasteiger partial charge in [0.05, 0.1) is 29.5 Å². The Morgan fingerprint density at radius 1 is 1.02 bits per heavy atom. The van der Waals surface area contributed by atoms with Crippen molar-refractivity contribution in [3.05, 3.63) is 119 Å². The summed E-state index contributed by atoms with van der Waals surface area (Å²) in [5.41, 5.74) is 11.2. The fourth-order valence-corrected chi connectivity index (χ4v) is 4.99. The summed E-state index contributed by atoms with van der Waals surface area (Å²) in [6.45, 7) is 0. The van der Waals surface area contributed by atoms with E-state index in [-0.39, 0.29) is 23.8 Å². The number of tetrazole rings is 1. The van der Waals surface area contributed by atoms with E-state index in [0.29, 0.717) is 40.5 Å². The fraction of sp³-hybridized carbons (Fsp3) is 0.156. The van der Waals surface area contributed by atoms with Crippen molar-refractivity contribution < 1.29 is 9.59 Å². The smallest absolute Gasteiger partial charge is 0.244 e. The molecule has 1 aliphatic carbocycles. The van der Waals surface area contributed by atoms with Gasteiger partial charge in [0.1, 0.15) is 6.33 Å². The summed E-state index contributed by atoms with van der Waals surface area (Å²) < 4.78 is 1.50. The van der Waals surface area contributed by atoms with Gasteiger partial charge in [0, 0.05) is 34.0 Å². The Labute approximate surface area is 258 Å². The molecule has 2 amide bonds. The summed E-state index contributed by atoms with van der Waals surface area (Å²) in [6, 6.07) is 24.0. The third-order valence-electron chi connectivity index (χ3n) is 7.29. The highest BCUT2D eigenvalue weighted by Gasteiger charge is 2.39. The van der Waals surface area contributed by atoms with Gasteiger partial charge in [0.2, 0.25) is 11.8 Å². The molecule has 4 N–H and O–H groups in total. The van der Waals surface area contributed by atoms with Crippen molar-refractivity contribution in [1.82, 2.24) is 35.7 Å². The van der Waals surface area contributed by atoms with Gasteiger partial charge in [0.25, 0.3) is 0 Å². The predicted octanol–water partition coefficient (Wildman–Crippen LogP) is 4.17. The molecule has 0 saturated heterocycles. The van der Waals surface area contributed by atoms with E-state index in [4.69, 9.17) is 17.3 Å². The molecule has 5 aromatic rings. The van der Waals surface area contributed by atoms with E-state index in [9.17, 15) is 9.59 Å².